The molecule has 0 spiro atoms. The van der Waals surface area contributed by atoms with E-state index < -0.39 is 43.1 Å². The predicted octanol–water partition coefficient (Wildman–Crippen LogP) is 4.95. The van der Waals surface area contributed by atoms with Crippen LogP contribution in [0.15, 0.2) is 108 Å². The monoisotopic (exact) mass is 594 g/mol. The van der Waals surface area contributed by atoms with Crippen LogP contribution >= 0.6 is 11.3 Å². The molecule has 2 fully saturated rings. The Bertz CT molecular complexity index is 1800. The zero-order chi connectivity index (χ0) is 28.3. The molecule has 0 radical (unpaired) electrons. The number of Topliss-reactive ketones (excluding diaryl/α,β-unsaturated/α-hetero) is 1. The minimum Gasteiger partial charge on any atom is -0.357 e. The summed E-state index contributed by atoms with van der Waals surface area (Å²) < 4.78 is 69.2. The van der Waals surface area contributed by atoms with E-state index in [0.717, 1.165) is 4.88 Å². The lowest BCUT2D eigenvalue weighted by atomic mass is 9.60. The van der Waals surface area contributed by atoms with Gasteiger partial charge in [-0.25, -0.2) is 0 Å². The number of sulfonamides is 2. The van der Waals surface area contributed by atoms with Gasteiger partial charge in [0, 0.05) is 11.3 Å². The molecule has 8 nitrogen and oxygen atoms in total. The van der Waals surface area contributed by atoms with Crippen LogP contribution in [0.5, 0.6) is 0 Å². The van der Waals surface area contributed by atoms with Crippen molar-refractivity contribution in [2.45, 2.75) is 48.2 Å². The van der Waals surface area contributed by atoms with Crippen molar-refractivity contribution in [1.29, 1.82) is 0 Å². The van der Waals surface area contributed by atoms with Crippen LogP contribution in [0.25, 0.3) is 0 Å². The largest absolute Gasteiger partial charge is 0.357 e. The Morgan fingerprint density at radius 2 is 1.48 bits per heavy atom. The van der Waals surface area contributed by atoms with Gasteiger partial charge in [-0.3, -0.25) is 4.79 Å². The number of carbonyl (C=O) groups is 1. The van der Waals surface area contributed by atoms with Gasteiger partial charge in [0.2, 0.25) is 0 Å². The molecule has 3 heterocycles. The summed E-state index contributed by atoms with van der Waals surface area (Å²) in [5.41, 5.74) is -1.55. The molecule has 3 aromatic rings. The molecule has 40 heavy (non-hydrogen) atoms. The minimum absolute atomic E-state index is 0.0148. The summed E-state index contributed by atoms with van der Waals surface area (Å²) in [6.07, 6.45) is 1.01. The third-order valence-electron chi connectivity index (χ3n) is 8.01. The van der Waals surface area contributed by atoms with E-state index in [1.807, 2.05) is 17.5 Å². The molecule has 206 valence electrons. The Balaban J connectivity index is 1.64. The molecular weight excluding hydrogens is 569 g/mol. The van der Waals surface area contributed by atoms with Gasteiger partial charge in [0.1, 0.15) is 11.7 Å². The summed E-state index contributed by atoms with van der Waals surface area (Å²) in [7, 11) is -8.29. The summed E-state index contributed by atoms with van der Waals surface area (Å²) in [6, 6.07) is 19.5. The fraction of sp³-hybridized carbons (Fsp3) is 0.276. The number of nitrogens with zero attached hydrogens (tertiary/aromatic N) is 2. The smallest absolute Gasteiger partial charge is 0.282 e. The van der Waals surface area contributed by atoms with Crippen LogP contribution in [0.4, 0.5) is 0 Å². The fourth-order valence-corrected chi connectivity index (χ4v) is 9.33. The van der Waals surface area contributed by atoms with Crippen LogP contribution in [-0.4, -0.2) is 40.1 Å². The number of hydrogen-bond acceptors (Lipinski definition) is 7. The van der Waals surface area contributed by atoms with Crippen molar-refractivity contribution < 1.29 is 26.4 Å². The van der Waals surface area contributed by atoms with E-state index in [1.54, 1.807) is 50.2 Å². The van der Waals surface area contributed by atoms with Crippen LogP contribution in [0.2, 0.25) is 0 Å². The molecule has 11 heteroatoms. The minimum atomic E-state index is -4.15. The first-order valence-electron chi connectivity index (χ1n) is 12.7. The lowest BCUT2D eigenvalue weighted by Crippen LogP contribution is -2.50. The van der Waals surface area contributed by atoms with Gasteiger partial charge < -0.3 is 4.74 Å². The fourth-order valence-electron chi connectivity index (χ4n) is 6.17. The van der Waals surface area contributed by atoms with E-state index >= 15 is 0 Å². The van der Waals surface area contributed by atoms with Crippen molar-refractivity contribution in [1.82, 2.24) is 0 Å². The maximum Gasteiger partial charge on any atom is 0.282 e. The van der Waals surface area contributed by atoms with E-state index in [-0.39, 0.29) is 33.4 Å². The van der Waals surface area contributed by atoms with Crippen LogP contribution in [0.1, 0.15) is 31.6 Å². The number of carbonyl (C=O) groups excluding carboxylic acids is 1. The highest BCUT2D eigenvalue weighted by atomic mass is 32.2. The molecule has 4 atom stereocenters. The molecule has 2 saturated heterocycles. The van der Waals surface area contributed by atoms with E-state index in [2.05, 4.69) is 8.80 Å². The standard InChI is InChI=1S/C29H26N2O6S3/c1-19-18-23(30-39(33,34)20-10-5-3-6-11-20)28(2)26(25(19)31-40(35,36)21-12-7-4-8-13-21)29(24-14-9-17-38-24)16-15-22(32)27(28)37-29/h3-14,17-18,26-27H,15-16H2,1-2H3/b30-23+,31-25+/t26-,27?,28-,29-/m0/s1. The first-order valence-corrected chi connectivity index (χ1v) is 16.5. The molecule has 6 rings (SSSR count). The Morgan fingerprint density at radius 3 is 2.05 bits per heavy atom. The van der Waals surface area contributed by atoms with Crippen LogP contribution < -0.4 is 0 Å². The van der Waals surface area contributed by atoms with E-state index in [9.17, 15) is 21.6 Å². The number of ketones is 1. The summed E-state index contributed by atoms with van der Waals surface area (Å²) in [5, 5.41) is 1.90. The average molecular weight is 595 g/mol. The molecular formula is C29H26N2O6S3. The van der Waals surface area contributed by atoms with Gasteiger partial charge in [-0.2, -0.15) is 25.6 Å². The van der Waals surface area contributed by atoms with Gasteiger partial charge in [0.05, 0.1) is 32.5 Å². The first-order chi connectivity index (χ1) is 19.0. The zero-order valence-corrected chi connectivity index (χ0v) is 24.2. The number of benzene rings is 2. The second-order valence-corrected chi connectivity index (χ2v) is 14.6. The highest BCUT2D eigenvalue weighted by Crippen LogP contribution is 2.63. The molecule has 0 saturated carbocycles. The summed E-state index contributed by atoms with van der Waals surface area (Å²) in [4.78, 5) is 14.3. The molecule has 2 bridgehead atoms. The number of fused-ring (bicyclic) bond motifs is 5. The second kappa shape index (κ2) is 9.41. The van der Waals surface area contributed by atoms with Gasteiger partial charge in [0.15, 0.2) is 5.78 Å². The topological polar surface area (TPSA) is 119 Å². The summed E-state index contributed by atoms with van der Waals surface area (Å²) >= 11 is 1.45. The zero-order valence-electron chi connectivity index (χ0n) is 21.7. The quantitative estimate of drug-likeness (QED) is 0.413. The normalized spacial score (nSPS) is 30.4. The molecule has 2 aromatic carbocycles. The van der Waals surface area contributed by atoms with E-state index in [0.29, 0.717) is 12.0 Å². The van der Waals surface area contributed by atoms with E-state index in [4.69, 9.17) is 4.74 Å². The van der Waals surface area contributed by atoms with Gasteiger partial charge in [-0.15, -0.1) is 11.3 Å². The number of thiophene rings is 1. The summed E-state index contributed by atoms with van der Waals surface area (Å²) in [5.74, 6) is -0.969. The Labute approximate surface area is 237 Å². The van der Waals surface area contributed by atoms with Gasteiger partial charge in [-0.05, 0) is 60.7 Å². The van der Waals surface area contributed by atoms with Gasteiger partial charge >= 0.3 is 0 Å². The van der Waals surface area contributed by atoms with Crippen molar-refractivity contribution in [3.05, 3.63) is 94.7 Å². The maximum absolute atomic E-state index is 13.5. The summed E-state index contributed by atoms with van der Waals surface area (Å²) in [6.45, 7) is 3.43. The number of allylic oxidation sites excluding steroid dienone is 2. The number of hydrogen-bond donors (Lipinski definition) is 0. The molecule has 1 aliphatic carbocycles. The molecule has 1 aromatic heterocycles. The van der Waals surface area contributed by atoms with Crippen molar-refractivity contribution in [3.8, 4) is 0 Å². The molecule has 2 aliphatic heterocycles. The SMILES string of the molecule is CC1=CC(=N\S(=O)(=O)c2ccccc2)/[C@]2(C)C3O[C@](c4cccs4)(CCC3=O)[C@H]2/C1=N/S(=O)(=O)c1ccccc1. The van der Waals surface area contributed by atoms with Crippen LogP contribution in [0.3, 0.4) is 0 Å². The third kappa shape index (κ3) is 4.06. The molecule has 3 aliphatic rings. The third-order valence-corrected chi connectivity index (χ3v) is 11.7. The van der Waals surface area contributed by atoms with Crippen molar-refractivity contribution >= 4 is 48.6 Å². The Hall–Kier alpha value is -3.25. The lowest BCUT2D eigenvalue weighted by Gasteiger charge is -2.41. The highest BCUT2D eigenvalue weighted by Gasteiger charge is 2.70. The second-order valence-electron chi connectivity index (χ2n) is 10.4. The van der Waals surface area contributed by atoms with E-state index in [1.165, 1.54) is 41.7 Å². The average Bonchev–Trinajstić information content (AvgIpc) is 3.56. The van der Waals surface area contributed by atoms with Crippen molar-refractivity contribution in [2.75, 3.05) is 0 Å². The highest BCUT2D eigenvalue weighted by molar-refractivity contribution is 7.90. The number of ether oxygens (including phenoxy) is 1. The first kappa shape index (κ1) is 26.9. The van der Waals surface area contributed by atoms with Crippen LogP contribution in [0, 0.1) is 11.3 Å². The Kier molecular flexibility index (Phi) is 6.34. The molecule has 0 amide bonds. The Morgan fingerprint density at radius 1 is 0.875 bits per heavy atom. The van der Waals surface area contributed by atoms with Crippen molar-refractivity contribution in [2.24, 2.45) is 20.1 Å². The van der Waals surface area contributed by atoms with Crippen LogP contribution in [-0.2, 0) is 35.2 Å². The van der Waals surface area contributed by atoms with Gasteiger partial charge in [-0.1, -0.05) is 49.4 Å². The van der Waals surface area contributed by atoms with Gasteiger partial charge in [0.25, 0.3) is 20.0 Å². The lowest BCUT2D eigenvalue weighted by molar-refractivity contribution is -0.149. The van der Waals surface area contributed by atoms with Crippen molar-refractivity contribution in [3.63, 3.8) is 0 Å². The maximum atomic E-state index is 13.5. The molecule has 0 N–H and O–H groups in total. The molecule has 1 unspecified atom stereocenters. The predicted molar refractivity (Wildman–Crippen MR) is 153 cm³/mol. The number of rotatable bonds is 5.